The van der Waals surface area contributed by atoms with Gasteiger partial charge in [-0.1, -0.05) is 61.0 Å². The summed E-state index contributed by atoms with van der Waals surface area (Å²) in [6.45, 7) is 17.3. The average molecular weight is 627 g/mol. The minimum absolute atomic E-state index is 0.0722. The van der Waals surface area contributed by atoms with E-state index in [4.69, 9.17) is 5.73 Å². The SMILES string of the molecule is C=C[C@H]1CCN(C(=O)[C@@H](NC(=O)N[C@H](CN2CCCS2(=O)=O)C(C)(C)C)C(C)(C)C)[C@@H]1C(=O)NC(CCC)C(=O)C(N)=O. The van der Waals surface area contributed by atoms with Crippen LogP contribution in [0.3, 0.4) is 0 Å². The smallest absolute Gasteiger partial charge is 0.315 e. The Labute approximate surface area is 255 Å². The third kappa shape index (κ3) is 9.24. The number of hydrogen-bond acceptors (Lipinski definition) is 7. The summed E-state index contributed by atoms with van der Waals surface area (Å²) in [6, 6.07) is -4.37. The van der Waals surface area contributed by atoms with Crippen molar-refractivity contribution < 1.29 is 32.4 Å². The predicted octanol–water partition coefficient (Wildman–Crippen LogP) is 0.893. The molecule has 2 rings (SSSR count). The Bertz CT molecular complexity index is 1190. The van der Waals surface area contributed by atoms with E-state index in [-0.39, 0.29) is 25.3 Å². The van der Waals surface area contributed by atoms with Gasteiger partial charge < -0.3 is 26.6 Å². The maximum absolute atomic E-state index is 14.0. The molecule has 2 heterocycles. The molecule has 0 saturated carbocycles. The fraction of sp³-hybridized carbons (Fsp3) is 0.759. The van der Waals surface area contributed by atoms with Gasteiger partial charge in [-0.15, -0.1) is 6.58 Å². The number of ketones is 1. The summed E-state index contributed by atoms with van der Waals surface area (Å²) in [5.41, 5.74) is 3.91. The van der Waals surface area contributed by atoms with Gasteiger partial charge in [0.05, 0.1) is 11.8 Å². The molecular formula is C29H50N6O7S. The number of Topliss-reactive ketones (excluding diaryl/α,β-unsaturated/α-hetero) is 1. The highest BCUT2D eigenvalue weighted by Crippen LogP contribution is 2.30. The van der Waals surface area contributed by atoms with E-state index >= 15 is 0 Å². The number of nitrogens with two attached hydrogens (primary N) is 1. The molecule has 2 saturated heterocycles. The maximum atomic E-state index is 14.0. The Morgan fingerprint density at radius 2 is 1.63 bits per heavy atom. The van der Waals surface area contributed by atoms with E-state index in [1.807, 2.05) is 20.8 Å². The molecule has 0 aromatic rings. The molecule has 5 atom stereocenters. The fourth-order valence-corrected chi connectivity index (χ4v) is 6.95. The lowest BCUT2D eigenvalue weighted by molar-refractivity contribution is -0.144. The van der Waals surface area contributed by atoms with Gasteiger partial charge in [0.25, 0.3) is 5.91 Å². The van der Waals surface area contributed by atoms with Gasteiger partial charge in [0, 0.05) is 31.6 Å². The number of carbonyl (C=O) groups is 5. The third-order valence-electron chi connectivity index (χ3n) is 8.08. The van der Waals surface area contributed by atoms with Crippen LogP contribution in [0.1, 0.15) is 74.1 Å². The molecule has 0 bridgehead atoms. The Morgan fingerprint density at radius 1 is 1.00 bits per heavy atom. The number of carbonyl (C=O) groups excluding carboxylic acids is 5. The maximum Gasteiger partial charge on any atom is 0.315 e. The fourth-order valence-electron chi connectivity index (χ4n) is 5.41. The van der Waals surface area contributed by atoms with E-state index in [2.05, 4.69) is 22.5 Å². The molecule has 244 valence electrons. The Balaban J connectivity index is 2.29. The van der Waals surface area contributed by atoms with Gasteiger partial charge in [-0.2, -0.15) is 4.31 Å². The summed E-state index contributed by atoms with van der Waals surface area (Å²) < 4.78 is 26.2. The molecule has 0 aromatic carbocycles. The number of hydrogen-bond donors (Lipinski definition) is 4. The van der Waals surface area contributed by atoms with Crippen LogP contribution in [0.15, 0.2) is 12.7 Å². The number of sulfonamides is 1. The molecule has 13 nitrogen and oxygen atoms in total. The van der Waals surface area contributed by atoms with Gasteiger partial charge in [-0.25, -0.2) is 13.2 Å². The topological polar surface area (TPSA) is 188 Å². The molecule has 0 aromatic heterocycles. The van der Waals surface area contributed by atoms with E-state index in [0.29, 0.717) is 25.8 Å². The summed E-state index contributed by atoms with van der Waals surface area (Å²) in [5, 5.41) is 8.28. The van der Waals surface area contributed by atoms with Crippen molar-refractivity contribution in [3.05, 3.63) is 12.7 Å². The second-order valence-electron chi connectivity index (χ2n) is 13.6. The van der Waals surface area contributed by atoms with Crippen LogP contribution >= 0.6 is 0 Å². The zero-order valence-corrected chi connectivity index (χ0v) is 27.4. The van der Waals surface area contributed by atoms with Crippen molar-refractivity contribution >= 4 is 39.6 Å². The molecule has 2 aliphatic rings. The van der Waals surface area contributed by atoms with Gasteiger partial charge in [0.15, 0.2) is 0 Å². The number of primary amides is 1. The lowest BCUT2D eigenvalue weighted by Gasteiger charge is -2.38. The highest BCUT2D eigenvalue weighted by atomic mass is 32.2. The van der Waals surface area contributed by atoms with Crippen molar-refractivity contribution in [3.8, 4) is 0 Å². The monoisotopic (exact) mass is 626 g/mol. The normalized spacial score (nSPS) is 22.7. The second-order valence-corrected chi connectivity index (χ2v) is 15.7. The van der Waals surface area contributed by atoms with Gasteiger partial charge in [-0.05, 0) is 30.1 Å². The first-order chi connectivity index (χ1) is 19.7. The van der Waals surface area contributed by atoms with Crippen LogP contribution in [0.25, 0.3) is 0 Å². The Hall–Kier alpha value is -3.00. The Morgan fingerprint density at radius 3 is 2.09 bits per heavy atom. The molecule has 0 radical (unpaired) electrons. The molecule has 2 fully saturated rings. The van der Waals surface area contributed by atoms with Crippen LogP contribution < -0.4 is 21.7 Å². The average Bonchev–Trinajstić information content (AvgIpc) is 3.46. The lowest BCUT2D eigenvalue weighted by atomic mass is 9.85. The summed E-state index contributed by atoms with van der Waals surface area (Å²) in [4.78, 5) is 66.2. The molecule has 2 aliphatic heterocycles. The van der Waals surface area contributed by atoms with E-state index < -0.39 is 80.5 Å². The van der Waals surface area contributed by atoms with Crippen molar-refractivity contribution in [1.82, 2.24) is 25.2 Å². The van der Waals surface area contributed by atoms with Gasteiger partial charge in [0.2, 0.25) is 27.6 Å². The van der Waals surface area contributed by atoms with E-state index in [1.165, 1.54) is 9.21 Å². The molecule has 0 aliphatic carbocycles. The highest BCUT2D eigenvalue weighted by Gasteiger charge is 2.46. The van der Waals surface area contributed by atoms with Crippen molar-refractivity contribution in [2.24, 2.45) is 22.5 Å². The minimum atomic E-state index is -3.39. The summed E-state index contributed by atoms with van der Waals surface area (Å²) in [6.07, 6.45) is 3.25. The molecule has 14 heteroatoms. The number of nitrogens with zero attached hydrogens (tertiary/aromatic N) is 2. The van der Waals surface area contributed by atoms with E-state index in [1.54, 1.807) is 33.8 Å². The first kappa shape index (κ1) is 36.2. The van der Waals surface area contributed by atoms with Crippen LogP contribution in [-0.2, 0) is 29.2 Å². The number of amides is 5. The van der Waals surface area contributed by atoms with Gasteiger partial charge >= 0.3 is 6.03 Å². The minimum Gasteiger partial charge on any atom is -0.363 e. The largest absolute Gasteiger partial charge is 0.363 e. The lowest BCUT2D eigenvalue weighted by Crippen LogP contribution is -2.62. The van der Waals surface area contributed by atoms with Gasteiger partial charge in [-0.3, -0.25) is 19.2 Å². The zero-order valence-electron chi connectivity index (χ0n) is 26.6. The third-order valence-corrected chi connectivity index (χ3v) is 10.0. The first-order valence-electron chi connectivity index (χ1n) is 14.9. The van der Waals surface area contributed by atoms with Gasteiger partial charge in [0.1, 0.15) is 12.1 Å². The highest BCUT2D eigenvalue weighted by molar-refractivity contribution is 7.89. The molecule has 0 spiro atoms. The summed E-state index contributed by atoms with van der Waals surface area (Å²) in [5.74, 6) is -3.52. The molecule has 43 heavy (non-hydrogen) atoms. The van der Waals surface area contributed by atoms with Crippen LogP contribution in [0.2, 0.25) is 0 Å². The zero-order chi connectivity index (χ0) is 32.9. The molecule has 5 amide bonds. The summed E-state index contributed by atoms with van der Waals surface area (Å²) >= 11 is 0. The number of nitrogens with one attached hydrogen (secondary N) is 3. The van der Waals surface area contributed by atoms with Crippen molar-refractivity contribution in [1.29, 1.82) is 0 Å². The molecule has 1 unspecified atom stereocenters. The van der Waals surface area contributed by atoms with Crippen molar-refractivity contribution in [2.75, 3.05) is 25.4 Å². The van der Waals surface area contributed by atoms with Crippen molar-refractivity contribution in [3.63, 3.8) is 0 Å². The quantitative estimate of drug-likeness (QED) is 0.183. The number of rotatable bonds is 12. The van der Waals surface area contributed by atoms with Crippen LogP contribution in [-0.4, -0.2) is 96.7 Å². The van der Waals surface area contributed by atoms with Crippen LogP contribution in [0, 0.1) is 16.7 Å². The van der Waals surface area contributed by atoms with E-state index in [9.17, 15) is 32.4 Å². The standard InChI is InChI=1S/C29H50N6O7S/c1-9-12-19(22(36)24(30)37)31-25(38)21-18(10-2)13-15-35(21)26(39)23(29(6,7)8)33-27(40)32-20(28(3,4)5)17-34-14-11-16-43(34,41)42/h10,18-21,23H,2,9,11-17H2,1,3-8H3,(H2,30,37)(H,31,38)(H2,32,33,40)/t18-,19?,20+,21-,23+/m0/s1. The Kier molecular flexibility index (Phi) is 11.9. The molecular weight excluding hydrogens is 576 g/mol. The second kappa shape index (κ2) is 14.2. The first-order valence-corrected chi connectivity index (χ1v) is 16.5. The van der Waals surface area contributed by atoms with Crippen LogP contribution in [0.4, 0.5) is 4.79 Å². The molecule has 5 N–H and O–H groups in total. The number of urea groups is 1. The van der Waals surface area contributed by atoms with E-state index in [0.717, 1.165) is 0 Å². The van der Waals surface area contributed by atoms with Crippen molar-refractivity contribution in [2.45, 2.75) is 98.3 Å². The number of likely N-dealkylation sites (tertiary alicyclic amines) is 1. The predicted molar refractivity (Wildman–Crippen MR) is 163 cm³/mol. The van der Waals surface area contributed by atoms with Crippen LogP contribution in [0.5, 0.6) is 0 Å². The summed E-state index contributed by atoms with van der Waals surface area (Å²) in [7, 11) is -3.39.